The lowest BCUT2D eigenvalue weighted by Crippen LogP contribution is -2.34. The Morgan fingerprint density at radius 2 is 1.63 bits per heavy atom. The summed E-state index contributed by atoms with van der Waals surface area (Å²) in [6, 6.07) is 14.1. The predicted molar refractivity (Wildman–Crippen MR) is 118 cm³/mol. The van der Waals surface area contributed by atoms with Crippen molar-refractivity contribution in [2.24, 2.45) is 0 Å². The number of alkyl carbamates (subject to hydrolysis) is 1. The summed E-state index contributed by atoms with van der Waals surface area (Å²) in [5.41, 5.74) is 1.93. The number of carbonyl (C=O) groups is 1. The van der Waals surface area contributed by atoms with Crippen molar-refractivity contribution in [2.75, 3.05) is 27.4 Å². The van der Waals surface area contributed by atoms with Crippen molar-refractivity contribution in [3.8, 4) is 17.2 Å². The smallest absolute Gasteiger partial charge is 0.407 e. The number of aryl methyl sites for hydroxylation is 2. The van der Waals surface area contributed by atoms with Gasteiger partial charge in [-0.2, -0.15) is 0 Å². The van der Waals surface area contributed by atoms with E-state index in [1.165, 1.54) is 11.1 Å². The second-order valence-corrected chi connectivity index (χ2v) is 7.97. The fourth-order valence-corrected chi connectivity index (χ4v) is 2.96. The fraction of sp³-hybridized carbons (Fsp3) is 0.458. The summed E-state index contributed by atoms with van der Waals surface area (Å²) in [4.78, 5) is 11.6. The number of ether oxygens (including phenoxy) is 4. The van der Waals surface area contributed by atoms with Crippen LogP contribution in [0.25, 0.3) is 0 Å². The number of nitrogens with one attached hydrogen (secondary N) is 1. The first-order valence-electron chi connectivity index (χ1n) is 10.2. The highest BCUT2D eigenvalue weighted by Crippen LogP contribution is 2.28. The van der Waals surface area contributed by atoms with Crippen LogP contribution < -0.4 is 19.5 Å². The molecule has 1 N–H and O–H groups in total. The summed E-state index contributed by atoms with van der Waals surface area (Å²) >= 11 is 0. The molecule has 0 atom stereocenters. The number of benzene rings is 2. The number of rotatable bonds is 10. The molecule has 0 saturated heterocycles. The second kappa shape index (κ2) is 11.3. The van der Waals surface area contributed by atoms with Crippen LogP contribution in [0.4, 0.5) is 4.79 Å². The lowest BCUT2D eigenvalue weighted by molar-refractivity contribution is 0.0520. The van der Waals surface area contributed by atoms with Crippen LogP contribution in [0.1, 0.15) is 38.3 Å². The summed E-state index contributed by atoms with van der Waals surface area (Å²) in [5, 5.41) is 2.69. The average molecular weight is 416 g/mol. The van der Waals surface area contributed by atoms with Gasteiger partial charge in [-0.1, -0.05) is 18.2 Å². The van der Waals surface area contributed by atoms with E-state index in [9.17, 15) is 4.79 Å². The number of amides is 1. The van der Waals surface area contributed by atoms with Crippen LogP contribution in [0, 0.1) is 0 Å². The van der Waals surface area contributed by atoms with E-state index in [0.717, 1.165) is 36.5 Å². The molecule has 2 aromatic rings. The number of hydrogen-bond acceptors (Lipinski definition) is 5. The standard InChI is InChI=1S/C24H33NO5/c1-24(2,3)30-23(26)25-14-15-29-20-11-7-10-18(16-20)8-6-9-19-12-13-21(27-4)22(17-19)28-5/h7,10-13,16-17H,6,8-9,14-15H2,1-5H3,(H,25,26). The van der Waals surface area contributed by atoms with Gasteiger partial charge in [-0.3, -0.25) is 0 Å². The highest BCUT2D eigenvalue weighted by molar-refractivity contribution is 5.67. The molecular weight excluding hydrogens is 382 g/mol. The van der Waals surface area contributed by atoms with Crippen LogP contribution in [-0.2, 0) is 17.6 Å². The Bertz CT molecular complexity index is 813. The molecule has 6 nitrogen and oxygen atoms in total. The molecule has 6 heteroatoms. The summed E-state index contributed by atoms with van der Waals surface area (Å²) < 4.78 is 21.6. The van der Waals surface area contributed by atoms with Gasteiger partial charge in [-0.25, -0.2) is 4.79 Å². The Kier molecular flexibility index (Phi) is 8.84. The molecule has 164 valence electrons. The van der Waals surface area contributed by atoms with E-state index in [1.54, 1.807) is 14.2 Å². The fourth-order valence-electron chi connectivity index (χ4n) is 2.96. The van der Waals surface area contributed by atoms with E-state index in [2.05, 4.69) is 17.4 Å². The first kappa shape index (κ1) is 23.4. The molecule has 0 unspecified atom stereocenters. The normalized spacial score (nSPS) is 11.0. The van der Waals surface area contributed by atoms with Crippen LogP contribution in [0.5, 0.6) is 17.2 Å². The van der Waals surface area contributed by atoms with Crippen molar-refractivity contribution >= 4 is 6.09 Å². The topological polar surface area (TPSA) is 66.0 Å². The third-order valence-electron chi connectivity index (χ3n) is 4.32. The summed E-state index contributed by atoms with van der Waals surface area (Å²) in [7, 11) is 3.29. The van der Waals surface area contributed by atoms with Gasteiger partial charge in [0, 0.05) is 0 Å². The number of methoxy groups -OCH3 is 2. The Morgan fingerprint density at radius 3 is 2.30 bits per heavy atom. The van der Waals surface area contributed by atoms with Gasteiger partial charge in [-0.15, -0.1) is 0 Å². The van der Waals surface area contributed by atoms with Crippen LogP contribution >= 0.6 is 0 Å². The molecule has 0 bridgehead atoms. The molecule has 2 aromatic carbocycles. The predicted octanol–water partition coefficient (Wildman–Crippen LogP) is 4.78. The molecule has 0 saturated carbocycles. The van der Waals surface area contributed by atoms with E-state index in [4.69, 9.17) is 18.9 Å². The van der Waals surface area contributed by atoms with Gasteiger partial charge in [0.25, 0.3) is 0 Å². The molecule has 0 aliphatic heterocycles. The molecule has 0 aliphatic carbocycles. The quantitative estimate of drug-likeness (QED) is 0.566. The van der Waals surface area contributed by atoms with Gasteiger partial charge < -0.3 is 24.3 Å². The maximum atomic E-state index is 11.6. The number of carbonyl (C=O) groups excluding carboxylic acids is 1. The minimum Gasteiger partial charge on any atom is -0.493 e. The van der Waals surface area contributed by atoms with Gasteiger partial charge in [0.2, 0.25) is 0 Å². The maximum absolute atomic E-state index is 11.6. The molecule has 0 fully saturated rings. The zero-order chi connectivity index (χ0) is 22.0. The van der Waals surface area contributed by atoms with E-state index >= 15 is 0 Å². The summed E-state index contributed by atoms with van der Waals surface area (Å²) in [6.45, 7) is 6.27. The first-order valence-corrected chi connectivity index (χ1v) is 10.2. The van der Waals surface area contributed by atoms with E-state index < -0.39 is 11.7 Å². The highest BCUT2D eigenvalue weighted by atomic mass is 16.6. The molecular formula is C24H33NO5. The van der Waals surface area contributed by atoms with Crippen LogP contribution in [0.15, 0.2) is 42.5 Å². The third-order valence-corrected chi connectivity index (χ3v) is 4.32. The molecule has 0 aliphatic rings. The minimum absolute atomic E-state index is 0.383. The van der Waals surface area contributed by atoms with Crippen molar-refractivity contribution in [1.29, 1.82) is 0 Å². The highest BCUT2D eigenvalue weighted by Gasteiger charge is 2.15. The minimum atomic E-state index is -0.504. The molecule has 0 spiro atoms. The van der Waals surface area contributed by atoms with Crippen molar-refractivity contribution in [1.82, 2.24) is 5.32 Å². The van der Waals surface area contributed by atoms with Gasteiger partial charge in [0.15, 0.2) is 11.5 Å². The van der Waals surface area contributed by atoms with Crippen molar-refractivity contribution in [3.05, 3.63) is 53.6 Å². The van der Waals surface area contributed by atoms with Crippen molar-refractivity contribution < 1.29 is 23.7 Å². The molecule has 0 aromatic heterocycles. The lowest BCUT2D eigenvalue weighted by Gasteiger charge is -2.19. The molecule has 30 heavy (non-hydrogen) atoms. The average Bonchev–Trinajstić information content (AvgIpc) is 2.70. The zero-order valence-electron chi connectivity index (χ0n) is 18.6. The van der Waals surface area contributed by atoms with E-state index in [-0.39, 0.29) is 0 Å². The second-order valence-electron chi connectivity index (χ2n) is 7.97. The largest absolute Gasteiger partial charge is 0.493 e. The summed E-state index contributed by atoms with van der Waals surface area (Å²) in [5.74, 6) is 2.29. The lowest BCUT2D eigenvalue weighted by atomic mass is 10.0. The Morgan fingerprint density at radius 1 is 0.933 bits per heavy atom. The SMILES string of the molecule is COc1ccc(CCCc2cccc(OCCNC(=O)OC(C)(C)C)c2)cc1OC. The Labute approximate surface area is 179 Å². The van der Waals surface area contributed by atoms with Crippen LogP contribution in [-0.4, -0.2) is 39.1 Å². The van der Waals surface area contributed by atoms with Crippen molar-refractivity contribution in [3.63, 3.8) is 0 Å². The zero-order valence-corrected chi connectivity index (χ0v) is 18.6. The molecule has 0 radical (unpaired) electrons. The van der Waals surface area contributed by atoms with Gasteiger partial charge in [0.1, 0.15) is 18.0 Å². The molecule has 0 heterocycles. The monoisotopic (exact) mass is 415 g/mol. The van der Waals surface area contributed by atoms with E-state index in [0.29, 0.717) is 13.2 Å². The van der Waals surface area contributed by atoms with Gasteiger partial charge >= 0.3 is 6.09 Å². The third kappa shape index (κ3) is 8.23. The van der Waals surface area contributed by atoms with Crippen LogP contribution in [0.2, 0.25) is 0 Å². The van der Waals surface area contributed by atoms with Crippen LogP contribution in [0.3, 0.4) is 0 Å². The van der Waals surface area contributed by atoms with Gasteiger partial charge in [0.05, 0.1) is 20.8 Å². The maximum Gasteiger partial charge on any atom is 0.407 e. The van der Waals surface area contributed by atoms with Gasteiger partial charge in [-0.05, 0) is 75.4 Å². The Hall–Kier alpha value is -2.89. The van der Waals surface area contributed by atoms with Crippen molar-refractivity contribution in [2.45, 2.75) is 45.6 Å². The van der Waals surface area contributed by atoms with E-state index in [1.807, 2.05) is 51.1 Å². The Balaban J connectivity index is 1.76. The first-order chi connectivity index (χ1) is 14.3. The molecule has 1 amide bonds. The summed E-state index contributed by atoms with van der Waals surface area (Å²) in [6.07, 6.45) is 2.47. The number of hydrogen-bond donors (Lipinski definition) is 1. The molecule has 2 rings (SSSR count).